The molecule has 3 heteroatoms. The Morgan fingerprint density at radius 3 is 2.36 bits per heavy atom. The summed E-state index contributed by atoms with van der Waals surface area (Å²) in [7, 11) is 0. The molecular formula is C19H18FeN2. The minimum absolute atomic E-state index is 0. The fourth-order valence-corrected chi connectivity index (χ4v) is 2.38. The number of aromatic amines is 1. The van der Waals surface area contributed by atoms with E-state index in [4.69, 9.17) is 0 Å². The van der Waals surface area contributed by atoms with Crippen LogP contribution in [0.25, 0.3) is 10.9 Å². The van der Waals surface area contributed by atoms with Crippen molar-refractivity contribution in [2.24, 2.45) is 0 Å². The van der Waals surface area contributed by atoms with E-state index >= 15 is 0 Å². The van der Waals surface area contributed by atoms with Gasteiger partial charge in [-0.15, -0.1) is 0 Å². The molecule has 0 amide bonds. The minimum atomic E-state index is 0. The van der Waals surface area contributed by atoms with Crippen LogP contribution in [0.2, 0.25) is 0 Å². The van der Waals surface area contributed by atoms with E-state index < -0.39 is 0 Å². The summed E-state index contributed by atoms with van der Waals surface area (Å²) >= 11 is 0. The summed E-state index contributed by atoms with van der Waals surface area (Å²) in [4.78, 5) is 0. The average Bonchev–Trinajstić information content (AvgIpc) is 3.28. The predicted octanol–water partition coefficient (Wildman–Crippen LogP) is 4.47. The van der Waals surface area contributed by atoms with Crippen molar-refractivity contribution in [1.82, 2.24) is 10.2 Å². The molecule has 0 radical (unpaired) electrons. The summed E-state index contributed by atoms with van der Waals surface area (Å²) in [6.07, 6.45) is 2.09. The number of H-pyrrole nitrogens is 1. The molecule has 0 aliphatic carbocycles. The Hall–Kier alpha value is -2.09. The van der Waals surface area contributed by atoms with Crippen LogP contribution in [0.5, 0.6) is 0 Å². The molecule has 0 spiro atoms. The van der Waals surface area contributed by atoms with Crippen molar-refractivity contribution in [3.63, 3.8) is 0 Å². The molecule has 2 nitrogen and oxygen atoms in total. The fraction of sp³-hybridized carbons (Fsp3) is 0.105. The second-order valence-electron chi connectivity index (χ2n) is 4.97. The van der Waals surface area contributed by atoms with Gasteiger partial charge in [-0.05, 0) is 12.5 Å². The third kappa shape index (κ3) is 4.20. The van der Waals surface area contributed by atoms with Crippen LogP contribution in [0.3, 0.4) is 0 Å². The van der Waals surface area contributed by atoms with Crippen molar-refractivity contribution in [3.05, 3.63) is 90.1 Å². The average molecular weight is 330 g/mol. The molecule has 4 rings (SSSR count). The summed E-state index contributed by atoms with van der Waals surface area (Å²) < 4.78 is 0. The first-order chi connectivity index (χ1) is 10.4. The van der Waals surface area contributed by atoms with E-state index in [1.807, 2.05) is 42.5 Å². The molecule has 4 aromatic rings. The quantitative estimate of drug-likeness (QED) is 0.436. The maximum atomic E-state index is 4.29. The molecular weight excluding hydrogens is 312 g/mol. The Bertz CT molecular complexity index is 735. The van der Waals surface area contributed by atoms with Gasteiger partial charge in [-0.25, -0.2) is 24.3 Å². The zero-order valence-corrected chi connectivity index (χ0v) is 13.3. The Kier molecular flexibility index (Phi) is 6.20. The topological polar surface area (TPSA) is 28.7 Å². The predicted molar refractivity (Wildman–Crippen MR) is 87.6 cm³/mol. The maximum Gasteiger partial charge on any atom is 2.00 e. The van der Waals surface area contributed by atoms with Gasteiger partial charge in [0.2, 0.25) is 0 Å². The standard InChI is InChI=1S/C14H13N2.C5H5.Fe/c1-2-6-11(5-1)9-10-14-12-7-3-4-8-13(12)15-16-14;1-2-4-5-3-1;/h1-8H,9-10H2,(H,15,16);1-5H;/q2*-1;+2. The number of nitrogens with one attached hydrogen (secondary N) is 1. The smallest absolute Gasteiger partial charge is 0.281 e. The second-order valence-corrected chi connectivity index (χ2v) is 4.97. The van der Waals surface area contributed by atoms with E-state index in [9.17, 15) is 0 Å². The number of hydrogen-bond donors (Lipinski definition) is 1. The molecule has 3 aromatic carbocycles. The zero-order valence-electron chi connectivity index (χ0n) is 12.2. The van der Waals surface area contributed by atoms with Crippen LogP contribution in [0.4, 0.5) is 0 Å². The molecule has 1 heterocycles. The third-order valence-corrected chi connectivity index (χ3v) is 3.49. The molecule has 0 aliphatic rings. The van der Waals surface area contributed by atoms with Gasteiger partial charge >= 0.3 is 17.1 Å². The number of para-hydroxylation sites is 1. The van der Waals surface area contributed by atoms with Crippen LogP contribution in [-0.2, 0) is 29.9 Å². The molecule has 112 valence electrons. The molecule has 0 unspecified atom stereocenters. The van der Waals surface area contributed by atoms with Crippen molar-refractivity contribution in [3.8, 4) is 0 Å². The van der Waals surface area contributed by atoms with Gasteiger partial charge in [-0.3, -0.25) is 5.10 Å². The molecule has 1 N–H and O–H groups in total. The second kappa shape index (κ2) is 8.38. The van der Waals surface area contributed by atoms with E-state index in [0.29, 0.717) is 0 Å². The van der Waals surface area contributed by atoms with E-state index in [1.54, 1.807) is 0 Å². The number of fused-ring (bicyclic) bond motifs is 1. The normalized spacial score (nSPS) is 9.82. The molecule has 1 aromatic heterocycles. The summed E-state index contributed by atoms with van der Waals surface area (Å²) in [5, 5.41) is 8.66. The van der Waals surface area contributed by atoms with Crippen molar-refractivity contribution >= 4 is 10.9 Å². The first kappa shape index (κ1) is 16.3. The minimum Gasteiger partial charge on any atom is -0.281 e. The molecule has 0 fully saturated rings. The third-order valence-electron chi connectivity index (χ3n) is 3.49. The SMILES string of the molecule is [Fe+2].c1cc[cH-]c1.c1ccc2c(CC[c-]3cccc3)[nH]nc2c1. The van der Waals surface area contributed by atoms with Gasteiger partial charge in [0.25, 0.3) is 0 Å². The van der Waals surface area contributed by atoms with Gasteiger partial charge in [-0.2, -0.15) is 41.0 Å². The number of aryl methyl sites for hydroxylation is 2. The van der Waals surface area contributed by atoms with Crippen molar-refractivity contribution in [2.45, 2.75) is 12.8 Å². The molecule has 0 saturated heterocycles. The van der Waals surface area contributed by atoms with E-state index in [-0.39, 0.29) is 17.1 Å². The van der Waals surface area contributed by atoms with Crippen molar-refractivity contribution in [1.29, 1.82) is 0 Å². The number of hydrogen-bond acceptors (Lipinski definition) is 1. The molecule has 0 saturated carbocycles. The number of aromatic nitrogens is 2. The zero-order chi connectivity index (χ0) is 14.3. The number of nitrogens with zero attached hydrogens (tertiary/aromatic N) is 1. The van der Waals surface area contributed by atoms with Crippen LogP contribution >= 0.6 is 0 Å². The summed E-state index contributed by atoms with van der Waals surface area (Å²) in [5.41, 5.74) is 3.68. The first-order valence-electron chi connectivity index (χ1n) is 7.23. The first-order valence-corrected chi connectivity index (χ1v) is 7.23. The van der Waals surface area contributed by atoms with Crippen molar-refractivity contribution in [2.75, 3.05) is 0 Å². The van der Waals surface area contributed by atoms with Crippen LogP contribution < -0.4 is 0 Å². The molecule has 22 heavy (non-hydrogen) atoms. The Balaban J connectivity index is 0.000000253. The molecule has 0 bridgehead atoms. The van der Waals surface area contributed by atoms with Gasteiger partial charge in [0, 0.05) is 11.1 Å². The Labute approximate surface area is 141 Å². The van der Waals surface area contributed by atoms with E-state index in [1.165, 1.54) is 16.6 Å². The van der Waals surface area contributed by atoms with Crippen LogP contribution in [0, 0.1) is 0 Å². The molecule has 0 aliphatic heterocycles. The fourth-order valence-electron chi connectivity index (χ4n) is 2.38. The molecule has 0 atom stereocenters. The van der Waals surface area contributed by atoms with Crippen LogP contribution in [0.15, 0.2) is 78.9 Å². The monoisotopic (exact) mass is 330 g/mol. The van der Waals surface area contributed by atoms with E-state index in [0.717, 1.165) is 18.4 Å². The van der Waals surface area contributed by atoms with Crippen molar-refractivity contribution < 1.29 is 17.1 Å². The van der Waals surface area contributed by atoms with Gasteiger partial charge in [0.05, 0.1) is 5.52 Å². The van der Waals surface area contributed by atoms with Gasteiger partial charge in [0.15, 0.2) is 0 Å². The Morgan fingerprint density at radius 1 is 0.955 bits per heavy atom. The Morgan fingerprint density at radius 2 is 1.68 bits per heavy atom. The van der Waals surface area contributed by atoms with E-state index in [2.05, 4.69) is 46.6 Å². The summed E-state index contributed by atoms with van der Waals surface area (Å²) in [5.74, 6) is 0. The van der Waals surface area contributed by atoms with Crippen LogP contribution in [0.1, 0.15) is 11.3 Å². The van der Waals surface area contributed by atoms with Gasteiger partial charge in [-0.1, -0.05) is 24.6 Å². The largest absolute Gasteiger partial charge is 2.00 e. The number of benzene rings is 1. The number of rotatable bonds is 3. The van der Waals surface area contributed by atoms with Gasteiger partial charge in [0.1, 0.15) is 0 Å². The van der Waals surface area contributed by atoms with Gasteiger partial charge < -0.3 is 0 Å². The van der Waals surface area contributed by atoms with Crippen LogP contribution in [-0.4, -0.2) is 10.2 Å². The summed E-state index contributed by atoms with van der Waals surface area (Å²) in [6.45, 7) is 0. The summed E-state index contributed by atoms with van der Waals surface area (Å²) in [6, 6.07) is 26.7. The maximum absolute atomic E-state index is 4.29.